The molecule has 2 aliphatic heterocycles. The minimum atomic E-state index is -0.596. The second-order valence-electron chi connectivity index (χ2n) is 15.5. The number of hydrogen-bond acceptors (Lipinski definition) is 9. The first kappa shape index (κ1) is 41.2. The van der Waals surface area contributed by atoms with E-state index in [1.807, 2.05) is 91.0 Å². The Hall–Kier alpha value is -6.57. The summed E-state index contributed by atoms with van der Waals surface area (Å²) in [6.45, 7) is 6.50. The van der Waals surface area contributed by atoms with Crippen molar-refractivity contribution in [1.82, 2.24) is 10.2 Å². The van der Waals surface area contributed by atoms with E-state index in [1.54, 1.807) is 24.3 Å². The molecule has 6 aromatic carbocycles. The number of aliphatic hydroxyl groups excluding tert-OH is 1. The SMILES string of the molecule is C[C@@H]1[C@H](CN2CCN(c3ccc([N+](=O)[O-])cc3)CC2)O[C@H](c2ccc(-c3cccc(CNC(=O)Nc4ccc(Oc5ccccc5)cc4)c3)cc2)O[C@@H]1c1ccc(CO)cc1. The van der Waals surface area contributed by atoms with Crippen molar-refractivity contribution in [2.45, 2.75) is 38.6 Å². The lowest BCUT2D eigenvalue weighted by atomic mass is 9.89. The number of carbonyl (C=O) groups is 1. The maximum atomic E-state index is 12.8. The zero-order chi connectivity index (χ0) is 42.1. The molecule has 2 saturated heterocycles. The van der Waals surface area contributed by atoms with Crippen LogP contribution in [-0.4, -0.2) is 59.8 Å². The second-order valence-corrected chi connectivity index (χ2v) is 15.5. The number of urea groups is 1. The van der Waals surface area contributed by atoms with Crippen molar-refractivity contribution in [2.24, 2.45) is 5.92 Å². The average Bonchev–Trinajstić information content (AvgIpc) is 3.30. The van der Waals surface area contributed by atoms with Gasteiger partial charge in [0.25, 0.3) is 5.69 Å². The molecule has 0 aliphatic carbocycles. The van der Waals surface area contributed by atoms with Gasteiger partial charge in [-0.05, 0) is 82.4 Å². The van der Waals surface area contributed by atoms with Crippen LogP contribution in [0.25, 0.3) is 11.1 Å². The van der Waals surface area contributed by atoms with Gasteiger partial charge in [-0.25, -0.2) is 4.79 Å². The predicted molar refractivity (Wildman–Crippen MR) is 235 cm³/mol. The molecule has 0 saturated carbocycles. The molecule has 2 fully saturated rings. The fourth-order valence-corrected chi connectivity index (χ4v) is 7.84. The second kappa shape index (κ2) is 19.2. The molecule has 0 spiro atoms. The van der Waals surface area contributed by atoms with Crippen molar-refractivity contribution < 1.29 is 29.0 Å². The Balaban J connectivity index is 0.896. The number of para-hydroxylation sites is 1. The van der Waals surface area contributed by atoms with Crippen LogP contribution in [0.4, 0.5) is 21.9 Å². The smallest absolute Gasteiger partial charge is 0.319 e. The van der Waals surface area contributed by atoms with Crippen molar-refractivity contribution in [3.05, 3.63) is 184 Å². The Morgan fingerprint density at radius 3 is 2.13 bits per heavy atom. The van der Waals surface area contributed by atoms with Gasteiger partial charge in [0.2, 0.25) is 0 Å². The van der Waals surface area contributed by atoms with Gasteiger partial charge in [-0.2, -0.15) is 0 Å². The lowest BCUT2D eigenvalue weighted by Gasteiger charge is -2.44. The number of ether oxygens (including phenoxy) is 3. The predicted octanol–water partition coefficient (Wildman–Crippen LogP) is 9.48. The third-order valence-corrected chi connectivity index (χ3v) is 11.3. The topological polar surface area (TPSA) is 139 Å². The molecule has 2 heterocycles. The summed E-state index contributed by atoms with van der Waals surface area (Å²) in [5.41, 5.74) is 7.53. The van der Waals surface area contributed by atoms with E-state index in [1.165, 1.54) is 0 Å². The maximum absolute atomic E-state index is 12.8. The van der Waals surface area contributed by atoms with E-state index in [4.69, 9.17) is 14.2 Å². The van der Waals surface area contributed by atoms with E-state index in [9.17, 15) is 20.0 Å². The summed E-state index contributed by atoms with van der Waals surface area (Å²) >= 11 is 0. The fourth-order valence-electron chi connectivity index (χ4n) is 7.84. The van der Waals surface area contributed by atoms with Gasteiger partial charge < -0.3 is 34.9 Å². The molecular formula is C49H49N5O7. The van der Waals surface area contributed by atoms with E-state index in [-0.39, 0.29) is 41.4 Å². The summed E-state index contributed by atoms with van der Waals surface area (Å²) in [5, 5.41) is 26.7. The number of rotatable bonds is 13. The van der Waals surface area contributed by atoms with Gasteiger partial charge in [0.05, 0.1) is 23.7 Å². The van der Waals surface area contributed by atoms with E-state index >= 15 is 0 Å². The quantitative estimate of drug-likeness (QED) is 0.0769. The van der Waals surface area contributed by atoms with Crippen molar-refractivity contribution in [3.63, 3.8) is 0 Å². The molecule has 12 nitrogen and oxygen atoms in total. The fraction of sp³-hybridized carbons (Fsp3) is 0.245. The summed E-state index contributed by atoms with van der Waals surface area (Å²) in [5.74, 6) is 1.47. The van der Waals surface area contributed by atoms with Crippen molar-refractivity contribution in [2.75, 3.05) is 42.9 Å². The van der Waals surface area contributed by atoms with E-state index in [0.29, 0.717) is 18.0 Å². The first-order valence-corrected chi connectivity index (χ1v) is 20.6. The summed E-state index contributed by atoms with van der Waals surface area (Å²) < 4.78 is 19.4. The monoisotopic (exact) mass is 819 g/mol. The minimum Gasteiger partial charge on any atom is -0.457 e. The van der Waals surface area contributed by atoms with Gasteiger partial charge in [-0.3, -0.25) is 15.0 Å². The van der Waals surface area contributed by atoms with Crippen molar-refractivity contribution in [1.29, 1.82) is 0 Å². The molecular weight excluding hydrogens is 771 g/mol. The molecule has 312 valence electrons. The Morgan fingerprint density at radius 1 is 0.754 bits per heavy atom. The van der Waals surface area contributed by atoms with Crippen LogP contribution in [-0.2, 0) is 22.6 Å². The summed E-state index contributed by atoms with van der Waals surface area (Å²) in [6.07, 6.45) is -0.950. The zero-order valence-electron chi connectivity index (χ0n) is 33.9. The molecule has 2 amide bonds. The number of benzene rings is 6. The highest BCUT2D eigenvalue weighted by molar-refractivity contribution is 5.89. The highest BCUT2D eigenvalue weighted by Gasteiger charge is 2.39. The summed E-state index contributed by atoms with van der Waals surface area (Å²) in [4.78, 5) is 28.2. The lowest BCUT2D eigenvalue weighted by molar-refractivity contribution is -0.384. The number of nitrogens with one attached hydrogen (secondary N) is 2. The molecule has 8 rings (SSSR count). The number of piperazine rings is 1. The van der Waals surface area contributed by atoms with Crippen LogP contribution < -0.4 is 20.3 Å². The first-order chi connectivity index (χ1) is 29.8. The maximum Gasteiger partial charge on any atom is 0.319 e. The van der Waals surface area contributed by atoms with Crippen LogP contribution >= 0.6 is 0 Å². The summed E-state index contributed by atoms with van der Waals surface area (Å²) in [6, 6.07) is 47.5. The number of anilines is 2. The number of non-ortho nitro benzene ring substituents is 1. The van der Waals surface area contributed by atoms with Crippen molar-refractivity contribution in [3.8, 4) is 22.6 Å². The Kier molecular flexibility index (Phi) is 13.0. The van der Waals surface area contributed by atoms with Crippen molar-refractivity contribution >= 4 is 23.1 Å². The van der Waals surface area contributed by atoms with Gasteiger partial charge >= 0.3 is 6.03 Å². The normalized spacial score (nSPS) is 19.2. The zero-order valence-corrected chi connectivity index (χ0v) is 33.9. The highest BCUT2D eigenvalue weighted by Crippen LogP contribution is 2.42. The standard InChI is InChI=1S/C49H49N5O7/c1-34-46(32-52-26-28-53(29-27-52)42-20-22-43(23-21-42)54(57)58)60-48(61-47(34)38-12-10-35(33-55)11-13-38)39-16-14-37(15-17-39)40-7-5-6-36(30-40)31-50-49(56)51-41-18-24-45(25-19-41)59-44-8-3-2-4-9-44/h2-25,30,34,46-48,55H,26-29,31-33H2,1H3,(H2,50,51,56)/t34-,46+,47+,48+/m1/s1. The molecule has 0 aromatic heterocycles. The van der Waals surface area contributed by atoms with Crippen LogP contribution in [0.1, 0.15) is 41.6 Å². The summed E-state index contributed by atoms with van der Waals surface area (Å²) in [7, 11) is 0. The lowest BCUT2D eigenvalue weighted by Crippen LogP contribution is -2.51. The molecule has 2 aliphatic rings. The number of hydrogen-bond donors (Lipinski definition) is 3. The number of carbonyl (C=O) groups excluding carboxylic acids is 1. The molecule has 61 heavy (non-hydrogen) atoms. The molecule has 0 bridgehead atoms. The van der Waals surface area contributed by atoms with Gasteiger partial charge in [-0.1, -0.05) is 91.9 Å². The number of aliphatic hydroxyl groups is 1. The number of amides is 2. The molecule has 3 N–H and O–H groups in total. The Morgan fingerprint density at radius 2 is 1.44 bits per heavy atom. The molecule has 0 radical (unpaired) electrons. The first-order valence-electron chi connectivity index (χ1n) is 20.6. The van der Waals surface area contributed by atoms with Crippen LogP contribution in [0, 0.1) is 16.0 Å². The van der Waals surface area contributed by atoms with Gasteiger partial charge in [-0.15, -0.1) is 0 Å². The Bertz CT molecular complexity index is 2370. The van der Waals surface area contributed by atoms with E-state index in [2.05, 4.69) is 63.8 Å². The molecule has 4 atom stereocenters. The number of nitrogens with zero attached hydrogens (tertiary/aromatic N) is 3. The van der Waals surface area contributed by atoms with E-state index < -0.39 is 6.29 Å². The number of nitro groups is 1. The van der Waals surface area contributed by atoms with Crippen LogP contribution in [0.2, 0.25) is 0 Å². The van der Waals surface area contributed by atoms with Gasteiger partial charge in [0, 0.05) is 74.3 Å². The van der Waals surface area contributed by atoms with E-state index in [0.717, 1.165) is 77.5 Å². The molecule has 6 aromatic rings. The van der Waals surface area contributed by atoms with Gasteiger partial charge in [0.15, 0.2) is 6.29 Å². The minimum absolute atomic E-state index is 0.0235. The van der Waals surface area contributed by atoms with Gasteiger partial charge in [0.1, 0.15) is 11.5 Å². The van der Waals surface area contributed by atoms with Crippen LogP contribution in [0.15, 0.2) is 152 Å². The largest absolute Gasteiger partial charge is 0.457 e. The average molecular weight is 820 g/mol. The molecule has 12 heteroatoms. The highest BCUT2D eigenvalue weighted by atomic mass is 16.7. The van der Waals surface area contributed by atoms with Crippen LogP contribution in [0.3, 0.4) is 0 Å². The molecule has 0 unspecified atom stereocenters. The third kappa shape index (κ3) is 10.4. The third-order valence-electron chi connectivity index (χ3n) is 11.3. The Labute approximate surface area is 355 Å². The number of nitro benzene ring substituents is 1. The van der Waals surface area contributed by atoms with Crippen LogP contribution in [0.5, 0.6) is 11.5 Å².